The van der Waals surface area contributed by atoms with Crippen LogP contribution in [0.25, 0.3) is 21.9 Å². The lowest BCUT2D eigenvalue weighted by Crippen LogP contribution is -2.25. The third kappa shape index (κ3) is 4.07. The van der Waals surface area contributed by atoms with Crippen molar-refractivity contribution in [2.75, 3.05) is 0 Å². The Morgan fingerprint density at radius 3 is 2.73 bits per heavy atom. The van der Waals surface area contributed by atoms with Crippen LogP contribution in [0.4, 0.5) is 0 Å². The fraction of sp³-hybridized carbons (Fsp3) is 0.304. The zero-order chi connectivity index (χ0) is 21.5. The van der Waals surface area contributed by atoms with Crippen molar-refractivity contribution >= 4 is 43.8 Å². The van der Waals surface area contributed by atoms with E-state index in [9.17, 15) is 4.79 Å². The van der Waals surface area contributed by atoms with Gasteiger partial charge in [-0.25, -0.2) is 0 Å². The van der Waals surface area contributed by atoms with Gasteiger partial charge in [0.15, 0.2) is 0 Å². The monoisotopic (exact) mass is 470 g/mol. The number of nitrogens with zero attached hydrogens (tertiary/aromatic N) is 2. The first-order valence-electron chi connectivity index (χ1n) is 9.67. The average Bonchev–Trinajstić information content (AvgIpc) is 3.25. The van der Waals surface area contributed by atoms with Crippen LogP contribution < -0.4 is 4.74 Å². The summed E-state index contributed by atoms with van der Waals surface area (Å²) in [6.07, 6.45) is 1.82. The number of fused-ring (bicyclic) bond motifs is 3. The van der Waals surface area contributed by atoms with E-state index in [1.54, 1.807) is 6.26 Å². The van der Waals surface area contributed by atoms with E-state index in [2.05, 4.69) is 21.0 Å². The molecule has 156 valence electrons. The second-order valence-corrected chi connectivity index (χ2v) is 9.00. The maximum atomic E-state index is 12.3. The van der Waals surface area contributed by atoms with Gasteiger partial charge in [-0.15, -0.1) is 0 Å². The molecule has 0 aliphatic rings. The number of aromatic nitrogens is 2. The number of benzene rings is 2. The van der Waals surface area contributed by atoms with E-state index in [-0.39, 0.29) is 19.0 Å². The van der Waals surface area contributed by atoms with Gasteiger partial charge in [0.05, 0.1) is 22.7 Å². The highest BCUT2D eigenvalue weighted by Gasteiger charge is 2.19. The Hall–Kier alpha value is -2.80. The molecule has 7 heteroatoms. The van der Waals surface area contributed by atoms with Crippen LogP contribution in [0, 0.1) is 0 Å². The van der Waals surface area contributed by atoms with Crippen molar-refractivity contribution in [1.82, 2.24) is 9.78 Å². The summed E-state index contributed by atoms with van der Waals surface area (Å²) in [4.78, 5) is 12.3. The van der Waals surface area contributed by atoms with Crippen LogP contribution in [0.15, 0.2) is 51.6 Å². The quantitative estimate of drug-likeness (QED) is 0.358. The van der Waals surface area contributed by atoms with Gasteiger partial charge in [-0.3, -0.25) is 9.48 Å². The summed E-state index contributed by atoms with van der Waals surface area (Å²) in [6, 6.07) is 11.4. The van der Waals surface area contributed by atoms with E-state index < -0.39 is 5.60 Å². The Morgan fingerprint density at radius 1 is 1.20 bits per heavy atom. The number of carbonyl (C=O) groups is 1. The first-order chi connectivity index (χ1) is 14.2. The van der Waals surface area contributed by atoms with Crippen LogP contribution >= 0.6 is 15.9 Å². The van der Waals surface area contributed by atoms with Gasteiger partial charge in [0.25, 0.3) is 0 Å². The van der Waals surface area contributed by atoms with Crippen LogP contribution in [0.3, 0.4) is 0 Å². The van der Waals surface area contributed by atoms with E-state index in [1.807, 2.05) is 68.9 Å². The normalized spacial score (nSPS) is 11.9. The smallest absolute Gasteiger partial charge is 0.310 e. The van der Waals surface area contributed by atoms with Crippen molar-refractivity contribution in [3.05, 3.63) is 58.4 Å². The summed E-state index contributed by atoms with van der Waals surface area (Å²) in [7, 11) is 1.91. The molecule has 0 aliphatic carbocycles. The number of hydrogen-bond acceptors (Lipinski definition) is 5. The van der Waals surface area contributed by atoms with Gasteiger partial charge in [-0.1, -0.05) is 18.2 Å². The molecule has 4 rings (SSSR count). The molecule has 6 nitrogen and oxygen atoms in total. The highest BCUT2D eigenvalue weighted by atomic mass is 79.9. The molecular formula is C23H23BrN2O4. The zero-order valence-corrected chi connectivity index (χ0v) is 18.9. The molecule has 2 heterocycles. The lowest BCUT2D eigenvalue weighted by molar-refractivity contribution is -0.153. The van der Waals surface area contributed by atoms with Crippen LogP contribution in [0.5, 0.6) is 5.75 Å². The standard InChI is InChI=1S/C23H23BrN2O4/c1-23(2,3)30-20(27)11-14-7-5-6-8-19(14)29-13-18-16-12-17(24)22-15(9-10-28-22)21(16)26(4)25-18/h5-10,12H,11,13H2,1-4H3. The number of rotatable bonds is 5. The van der Waals surface area contributed by atoms with Crippen molar-refractivity contribution in [2.45, 2.75) is 39.4 Å². The van der Waals surface area contributed by atoms with E-state index in [4.69, 9.17) is 13.9 Å². The third-order valence-electron chi connectivity index (χ3n) is 4.66. The number of ether oxygens (including phenoxy) is 2. The first kappa shape index (κ1) is 20.5. The molecule has 0 bridgehead atoms. The van der Waals surface area contributed by atoms with Crippen molar-refractivity contribution in [3.63, 3.8) is 0 Å². The molecule has 2 aromatic heterocycles. The lowest BCUT2D eigenvalue weighted by Gasteiger charge is -2.20. The van der Waals surface area contributed by atoms with Gasteiger partial charge in [0.2, 0.25) is 0 Å². The van der Waals surface area contributed by atoms with E-state index >= 15 is 0 Å². The van der Waals surface area contributed by atoms with Gasteiger partial charge < -0.3 is 13.9 Å². The summed E-state index contributed by atoms with van der Waals surface area (Å²) in [5.74, 6) is 0.360. The van der Waals surface area contributed by atoms with E-state index in [0.717, 1.165) is 37.6 Å². The number of furan rings is 1. The van der Waals surface area contributed by atoms with Crippen molar-refractivity contribution in [1.29, 1.82) is 0 Å². The molecular weight excluding hydrogens is 448 g/mol. The number of aryl methyl sites for hydroxylation is 1. The van der Waals surface area contributed by atoms with Gasteiger partial charge in [0, 0.05) is 23.4 Å². The number of carbonyl (C=O) groups excluding carboxylic acids is 1. The highest BCUT2D eigenvalue weighted by Crippen LogP contribution is 2.34. The second kappa shape index (κ2) is 7.80. The molecule has 30 heavy (non-hydrogen) atoms. The fourth-order valence-corrected chi connectivity index (χ4v) is 4.05. The molecule has 0 saturated carbocycles. The van der Waals surface area contributed by atoms with E-state index in [1.165, 1.54) is 0 Å². The average molecular weight is 471 g/mol. The van der Waals surface area contributed by atoms with Crippen molar-refractivity contribution in [3.8, 4) is 5.75 Å². The number of halogens is 1. The van der Waals surface area contributed by atoms with Gasteiger partial charge in [-0.2, -0.15) is 5.10 Å². The topological polar surface area (TPSA) is 66.5 Å². The first-order valence-corrected chi connectivity index (χ1v) is 10.5. The molecule has 0 saturated heterocycles. The summed E-state index contributed by atoms with van der Waals surface area (Å²) < 4.78 is 19.8. The molecule has 0 fully saturated rings. The molecule has 0 radical (unpaired) electrons. The van der Waals surface area contributed by atoms with Gasteiger partial charge >= 0.3 is 5.97 Å². The molecule has 0 atom stereocenters. The molecule has 0 unspecified atom stereocenters. The fourth-order valence-electron chi connectivity index (χ4n) is 3.52. The zero-order valence-electron chi connectivity index (χ0n) is 17.4. The molecule has 0 amide bonds. The second-order valence-electron chi connectivity index (χ2n) is 8.15. The largest absolute Gasteiger partial charge is 0.487 e. The van der Waals surface area contributed by atoms with E-state index in [0.29, 0.717) is 5.75 Å². The Labute approximate surface area is 182 Å². The van der Waals surface area contributed by atoms with Crippen molar-refractivity contribution < 1.29 is 18.7 Å². The molecule has 0 spiro atoms. The Bertz CT molecular complexity index is 1230. The van der Waals surface area contributed by atoms with Gasteiger partial charge in [0.1, 0.15) is 29.2 Å². The molecule has 4 aromatic rings. The Morgan fingerprint density at radius 2 is 1.97 bits per heavy atom. The van der Waals surface area contributed by atoms with Crippen LogP contribution in [-0.4, -0.2) is 21.4 Å². The number of esters is 1. The molecule has 0 aliphatic heterocycles. The maximum absolute atomic E-state index is 12.3. The Balaban J connectivity index is 1.59. The minimum Gasteiger partial charge on any atom is -0.487 e. The SMILES string of the molecule is Cn1nc(COc2ccccc2CC(=O)OC(C)(C)C)c2cc(Br)c3occc3c21. The minimum absolute atomic E-state index is 0.150. The summed E-state index contributed by atoms with van der Waals surface area (Å²) >= 11 is 3.58. The van der Waals surface area contributed by atoms with Crippen LogP contribution in [-0.2, 0) is 29.6 Å². The van der Waals surface area contributed by atoms with Crippen LogP contribution in [0.1, 0.15) is 32.0 Å². The summed E-state index contributed by atoms with van der Waals surface area (Å²) in [6.45, 7) is 5.84. The summed E-state index contributed by atoms with van der Waals surface area (Å²) in [5.41, 5.74) is 2.85. The van der Waals surface area contributed by atoms with Crippen LogP contribution in [0.2, 0.25) is 0 Å². The van der Waals surface area contributed by atoms with Crippen molar-refractivity contribution in [2.24, 2.45) is 7.05 Å². The predicted molar refractivity (Wildman–Crippen MR) is 119 cm³/mol. The maximum Gasteiger partial charge on any atom is 0.310 e. The molecule has 2 aromatic carbocycles. The number of para-hydroxylation sites is 1. The highest BCUT2D eigenvalue weighted by molar-refractivity contribution is 9.10. The summed E-state index contributed by atoms with van der Waals surface area (Å²) in [5, 5.41) is 6.63. The van der Waals surface area contributed by atoms with Gasteiger partial charge in [-0.05, 0) is 54.9 Å². The Kier molecular flexibility index (Phi) is 5.32. The lowest BCUT2D eigenvalue weighted by atomic mass is 10.1. The number of hydrogen-bond donors (Lipinski definition) is 0. The predicted octanol–water partition coefficient (Wildman–Crippen LogP) is 5.55. The molecule has 0 N–H and O–H groups in total. The minimum atomic E-state index is -0.522. The third-order valence-corrected chi connectivity index (χ3v) is 5.25.